The van der Waals surface area contributed by atoms with Crippen LogP contribution in [0.5, 0.6) is 0 Å². The molecule has 1 unspecified atom stereocenters. The maximum Gasteiger partial charge on any atom is 0.267 e. The van der Waals surface area contributed by atoms with Crippen LogP contribution in [0.25, 0.3) is 11.3 Å². The van der Waals surface area contributed by atoms with E-state index in [-0.39, 0.29) is 12.1 Å². The fourth-order valence-electron chi connectivity index (χ4n) is 2.51. The topological polar surface area (TPSA) is 76.9 Å². The third-order valence-electron chi connectivity index (χ3n) is 4.03. The van der Waals surface area contributed by atoms with Crippen LogP contribution in [0.3, 0.4) is 0 Å². The van der Waals surface area contributed by atoms with Crippen LogP contribution in [0.15, 0.2) is 59.7 Å². The predicted octanol–water partition coefficient (Wildman–Crippen LogP) is 2.46. The molecule has 0 aliphatic heterocycles. The van der Waals surface area contributed by atoms with Crippen molar-refractivity contribution >= 4 is 5.91 Å². The van der Waals surface area contributed by atoms with Crippen molar-refractivity contribution in [3.8, 4) is 11.3 Å². The minimum absolute atomic E-state index is 0.248. The van der Waals surface area contributed by atoms with Gasteiger partial charge in [0.2, 0.25) is 5.91 Å². The molecule has 2 heterocycles. The number of carbonyl (C=O) groups excluding carboxylic acids is 1. The van der Waals surface area contributed by atoms with Gasteiger partial charge in [0, 0.05) is 36.1 Å². The van der Waals surface area contributed by atoms with E-state index < -0.39 is 29.1 Å². The molecule has 0 aliphatic rings. The SMILES string of the molecule is CC(C(=O)NCc1c(F)cccc1F)n1nc(-c2cccnc2)ccc1=O. The van der Waals surface area contributed by atoms with Crippen LogP contribution in [0.1, 0.15) is 18.5 Å². The summed E-state index contributed by atoms with van der Waals surface area (Å²) in [5.74, 6) is -2.09. The lowest BCUT2D eigenvalue weighted by Gasteiger charge is -2.15. The second-order valence-corrected chi connectivity index (χ2v) is 5.84. The lowest BCUT2D eigenvalue weighted by Crippen LogP contribution is -2.37. The maximum atomic E-state index is 13.7. The molecule has 27 heavy (non-hydrogen) atoms. The number of halogens is 2. The summed E-state index contributed by atoms with van der Waals surface area (Å²) in [7, 11) is 0. The molecule has 1 amide bonds. The first-order valence-corrected chi connectivity index (χ1v) is 8.18. The quantitative estimate of drug-likeness (QED) is 0.749. The van der Waals surface area contributed by atoms with Crippen LogP contribution >= 0.6 is 0 Å². The van der Waals surface area contributed by atoms with Crippen LogP contribution in [0, 0.1) is 11.6 Å². The summed E-state index contributed by atoms with van der Waals surface area (Å²) in [6.45, 7) is 1.15. The highest BCUT2D eigenvalue weighted by Gasteiger charge is 2.19. The van der Waals surface area contributed by atoms with E-state index >= 15 is 0 Å². The Hall–Kier alpha value is -3.42. The monoisotopic (exact) mass is 370 g/mol. The average Bonchev–Trinajstić information content (AvgIpc) is 2.68. The Kier molecular flexibility index (Phi) is 5.35. The third kappa shape index (κ3) is 4.05. The maximum absolute atomic E-state index is 13.7. The summed E-state index contributed by atoms with van der Waals surface area (Å²) in [6, 6.07) is 8.83. The smallest absolute Gasteiger partial charge is 0.267 e. The van der Waals surface area contributed by atoms with Crippen LogP contribution in [-0.4, -0.2) is 20.7 Å². The van der Waals surface area contributed by atoms with Crippen molar-refractivity contribution in [2.45, 2.75) is 19.5 Å². The molecular formula is C19H16F2N4O2. The first kappa shape index (κ1) is 18.4. The Balaban J connectivity index is 1.80. The van der Waals surface area contributed by atoms with E-state index in [1.807, 2.05) is 0 Å². The van der Waals surface area contributed by atoms with Gasteiger partial charge in [0.15, 0.2) is 0 Å². The van der Waals surface area contributed by atoms with E-state index in [1.165, 1.54) is 25.1 Å². The Labute approximate surface area is 153 Å². The standard InChI is InChI=1S/C19H16F2N4O2/c1-12(19(27)23-11-14-15(20)5-2-6-16(14)21)25-18(26)8-7-17(24-25)13-4-3-9-22-10-13/h2-10,12H,11H2,1H3,(H,23,27). The molecule has 0 saturated carbocycles. The van der Waals surface area contributed by atoms with Gasteiger partial charge in [-0.2, -0.15) is 5.10 Å². The van der Waals surface area contributed by atoms with Gasteiger partial charge in [0.1, 0.15) is 17.7 Å². The lowest BCUT2D eigenvalue weighted by molar-refractivity contribution is -0.124. The minimum atomic E-state index is -0.969. The molecule has 3 aromatic rings. The van der Waals surface area contributed by atoms with Crippen LogP contribution in [0.4, 0.5) is 8.78 Å². The molecular weight excluding hydrogens is 354 g/mol. The van der Waals surface area contributed by atoms with Crippen LogP contribution in [0.2, 0.25) is 0 Å². The molecule has 0 spiro atoms. The zero-order valence-electron chi connectivity index (χ0n) is 14.4. The number of nitrogens with zero attached hydrogens (tertiary/aromatic N) is 3. The van der Waals surface area contributed by atoms with Crippen molar-refractivity contribution in [2.75, 3.05) is 0 Å². The summed E-state index contributed by atoms with van der Waals surface area (Å²) in [5.41, 5.74) is 0.444. The van der Waals surface area contributed by atoms with Crippen molar-refractivity contribution in [1.82, 2.24) is 20.1 Å². The Morgan fingerprint density at radius 2 is 1.89 bits per heavy atom. The second-order valence-electron chi connectivity index (χ2n) is 5.84. The van der Waals surface area contributed by atoms with Gasteiger partial charge >= 0.3 is 0 Å². The second kappa shape index (κ2) is 7.86. The number of benzene rings is 1. The summed E-state index contributed by atoms with van der Waals surface area (Å²) in [5, 5.41) is 6.64. The Morgan fingerprint density at radius 1 is 1.15 bits per heavy atom. The summed E-state index contributed by atoms with van der Waals surface area (Å²) < 4.78 is 28.4. The first-order chi connectivity index (χ1) is 13.0. The Morgan fingerprint density at radius 3 is 2.56 bits per heavy atom. The van der Waals surface area contributed by atoms with E-state index in [2.05, 4.69) is 15.4 Å². The number of nitrogens with one attached hydrogen (secondary N) is 1. The third-order valence-corrected chi connectivity index (χ3v) is 4.03. The lowest BCUT2D eigenvalue weighted by atomic mass is 10.2. The minimum Gasteiger partial charge on any atom is -0.350 e. The first-order valence-electron chi connectivity index (χ1n) is 8.18. The molecule has 0 saturated heterocycles. The number of hydrogen-bond acceptors (Lipinski definition) is 4. The van der Waals surface area contributed by atoms with E-state index in [4.69, 9.17) is 0 Å². The van der Waals surface area contributed by atoms with Gasteiger partial charge < -0.3 is 5.32 Å². The predicted molar refractivity (Wildman–Crippen MR) is 94.6 cm³/mol. The van der Waals surface area contributed by atoms with E-state index in [9.17, 15) is 18.4 Å². The molecule has 3 rings (SSSR count). The number of aromatic nitrogens is 3. The highest BCUT2D eigenvalue weighted by molar-refractivity contribution is 5.79. The van der Waals surface area contributed by atoms with Gasteiger partial charge in [0.25, 0.3) is 5.56 Å². The van der Waals surface area contributed by atoms with Crippen LogP contribution < -0.4 is 10.9 Å². The number of rotatable bonds is 5. The highest BCUT2D eigenvalue weighted by atomic mass is 19.1. The number of hydrogen-bond donors (Lipinski definition) is 1. The summed E-state index contributed by atoms with van der Waals surface area (Å²) in [6.07, 6.45) is 3.19. The van der Waals surface area contributed by atoms with Gasteiger partial charge in [-0.25, -0.2) is 13.5 Å². The van der Waals surface area contributed by atoms with Crippen molar-refractivity contribution in [3.63, 3.8) is 0 Å². The number of carbonyl (C=O) groups is 1. The van der Waals surface area contributed by atoms with E-state index in [0.29, 0.717) is 11.3 Å². The largest absolute Gasteiger partial charge is 0.350 e. The Bertz CT molecular complexity index is 1000. The molecule has 0 radical (unpaired) electrons. The normalized spacial score (nSPS) is 11.8. The van der Waals surface area contributed by atoms with Crippen LogP contribution in [-0.2, 0) is 11.3 Å². The van der Waals surface area contributed by atoms with Crippen molar-refractivity contribution < 1.29 is 13.6 Å². The molecule has 1 aromatic carbocycles. The molecule has 1 atom stereocenters. The van der Waals surface area contributed by atoms with E-state index in [0.717, 1.165) is 16.8 Å². The van der Waals surface area contributed by atoms with E-state index in [1.54, 1.807) is 24.5 Å². The number of pyridine rings is 1. The molecule has 2 aromatic heterocycles. The van der Waals surface area contributed by atoms with Gasteiger partial charge in [-0.05, 0) is 37.3 Å². The van der Waals surface area contributed by atoms with Gasteiger partial charge in [0.05, 0.1) is 5.69 Å². The molecule has 138 valence electrons. The van der Waals surface area contributed by atoms with Gasteiger partial charge in [-0.1, -0.05) is 6.07 Å². The highest BCUT2D eigenvalue weighted by Crippen LogP contribution is 2.15. The zero-order chi connectivity index (χ0) is 19.4. The fraction of sp³-hybridized carbons (Fsp3) is 0.158. The molecule has 0 fully saturated rings. The van der Waals surface area contributed by atoms with Crippen molar-refractivity contribution in [2.24, 2.45) is 0 Å². The molecule has 0 aliphatic carbocycles. The average molecular weight is 370 g/mol. The number of amides is 1. The molecule has 1 N–H and O–H groups in total. The zero-order valence-corrected chi connectivity index (χ0v) is 14.4. The summed E-state index contributed by atoms with van der Waals surface area (Å²) >= 11 is 0. The molecule has 0 bridgehead atoms. The summed E-state index contributed by atoms with van der Waals surface area (Å²) in [4.78, 5) is 28.5. The molecule has 8 heteroatoms. The van der Waals surface area contributed by atoms with Crippen molar-refractivity contribution in [3.05, 3.63) is 82.4 Å². The van der Waals surface area contributed by atoms with Gasteiger partial charge in [-0.3, -0.25) is 14.6 Å². The molecule has 6 nitrogen and oxygen atoms in total. The van der Waals surface area contributed by atoms with Crippen molar-refractivity contribution in [1.29, 1.82) is 0 Å². The van der Waals surface area contributed by atoms with Gasteiger partial charge in [-0.15, -0.1) is 0 Å². The fourth-order valence-corrected chi connectivity index (χ4v) is 2.51.